The maximum atomic E-state index is 12.4. The number of rotatable bonds is 6. The molecule has 0 aromatic heterocycles. The summed E-state index contributed by atoms with van der Waals surface area (Å²) in [6.07, 6.45) is 1.52. The summed E-state index contributed by atoms with van der Waals surface area (Å²) in [4.78, 5) is 12.4. The predicted molar refractivity (Wildman–Crippen MR) is 108 cm³/mol. The average Bonchev–Trinajstić information content (AvgIpc) is 2.73. The fourth-order valence-corrected chi connectivity index (χ4v) is 2.51. The van der Waals surface area contributed by atoms with E-state index in [1.54, 1.807) is 49.6 Å². The van der Waals surface area contributed by atoms with E-state index in [4.69, 9.17) is 9.47 Å². The second-order valence-corrected chi connectivity index (χ2v) is 5.84. The number of carbonyl (C=O) groups excluding carboxylic acids is 1. The van der Waals surface area contributed by atoms with Gasteiger partial charge in [0.2, 0.25) is 0 Å². The molecule has 0 saturated heterocycles. The van der Waals surface area contributed by atoms with Crippen LogP contribution in [0.4, 0.5) is 5.69 Å². The molecule has 0 unspecified atom stereocenters. The first-order valence-corrected chi connectivity index (χ1v) is 8.58. The molecule has 1 amide bonds. The van der Waals surface area contributed by atoms with Crippen LogP contribution in [0.15, 0.2) is 84.4 Å². The van der Waals surface area contributed by atoms with Gasteiger partial charge in [0.05, 0.1) is 7.11 Å². The Hall–Kier alpha value is -4.04. The Labute approximate surface area is 163 Å². The van der Waals surface area contributed by atoms with Gasteiger partial charge in [-0.15, -0.1) is 0 Å². The van der Waals surface area contributed by atoms with Gasteiger partial charge in [-0.05, 0) is 48.0 Å². The lowest BCUT2D eigenvalue weighted by Crippen LogP contribution is -2.13. The van der Waals surface area contributed by atoms with E-state index < -0.39 is 5.91 Å². The van der Waals surface area contributed by atoms with Crippen LogP contribution in [-0.4, -0.2) is 13.0 Å². The van der Waals surface area contributed by atoms with Crippen LogP contribution in [0.5, 0.6) is 17.2 Å². The van der Waals surface area contributed by atoms with Gasteiger partial charge in [-0.25, -0.2) is 0 Å². The van der Waals surface area contributed by atoms with E-state index in [0.29, 0.717) is 28.5 Å². The predicted octanol–water partition coefficient (Wildman–Crippen LogP) is 5.03. The number of para-hydroxylation sites is 1. The van der Waals surface area contributed by atoms with Crippen LogP contribution >= 0.6 is 0 Å². The van der Waals surface area contributed by atoms with Crippen molar-refractivity contribution in [2.45, 2.75) is 0 Å². The minimum Gasteiger partial charge on any atom is -0.497 e. The van der Waals surface area contributed by atoms with Gasteiger partial charge in [-0.1, -0.05) is 36.4 Å². The summed E-state index contributed by atoms with van der Waals surface area (Å²) in [7, 11) is 1.55. The zero-order valence-corrected chi connectivity index (χ0v) is 15.3. The highest BCUT2D eigenvalue weighted by molar-refractivity contribution is 6.09. The normalized spacial score (nSPS) is 10.6. The third-order valence-corrected chi connectivity index (χ3v) is 3.84. The van der Waals surface area contributed by atoms with E-state index in [2.05, 4.69) is 5.32 Å². The molecule has 3 rings (SSSR count). The van der Waals surface area contributed by atoms with Crippen molar-refractivity contribution in [2.24, 2.45) is 0 Å². The minimum absolute atomic E-state index is 0.0142. The quantitative estimate of drug-likeness (QED) is 0.488. The first kappa shape index (κ1) is 18.7. The van der Waals surface area contributed by atoms with E-state index in [1.807, 2.05) is 42.5 Å². The van der Waals surface area contributed by atoms with Crippen molar-refractivity contribution in [1.82, 2.24) is 0 Å². The van der Waals surface area contributed by atoms with Gasteiger partial charge in [-0.2, -0.15) is 5.26 Å². The number of benzene rings is 3. The fraction of sp³-hybridized carbons (Fsp3) is 0.0435. The van der Waals surface area contributed by atoms with E-state index in [1.165, 1.54) is 6.08 Å². The lowest BCUT2D eigenvalue weighted by molar-refractivity contribution is -0.112. The molecule has 0 saturated carbocycles. The molecule has 0 radical (unpaired) electrons. The molecule has 3 aromatic rings. The van der Waals surface area contributed by atoms with Crippen LogP contribution in [0.3, 0.4) is 0 Å². The molecule has 0 aliphatic rings. The highest BCUT2D eigenvalue weighted by Crippen LogP contribution is 2.23. The van der Waals surface area contributed by atoms with E-state index in [9.17, 15) is 10.1 Å². The summed E-state index contributed by atoms with van der Waals surface area (Å²) in [6, 6.07) is 25.5. The molecule has 1 N–H and O–H groups in total. The highest BCUT2D eigenvalue weighted by atomic mass is 16.5. The van der Waals surface area contributed by atoms with Crippen molar-refractivity contribution < 1.29 is 14.3 Å². The number of carbonyl (C=O) groups is 1. The lowest BCUT2D eigenvalue weighted by atomic mass is 10.1. The second kappa shape index (κ2) is 9.06. The van der Waals surface area contributed by atoms with Gasteiger partial charge in [0.25, 0.3) is 5.91 Å². The van der Waals surface area contributed by atoms with Gasteiger partial charge in [0.15, 0.2) is 0 Å². The minimum atomic E-state index is -0.495. The Bertz CT molecular complexity index is 1040. The molecule has 3 aromatic carbocycles. The van der Waals surface area contributed by atoms with Crippen molar-refractivity contribution in [2.75, 3.05) is 12.4 Å². The first-order chi connectivity index (χ1) is 13.7. The van der Waals surface area contributed by atoms with E-state index in [-0.39, 0.29) is 5.57 Å². The Balaban J connectivity index is 1.77. The van der Waals surface area contributed by atoms with Gasteiger partial charge < -0.3 is 14.8 Å². The zero-order chi connectivity index (χ0) is 19.8. The number of anilines is 1. The lowest BCUT2D eigenvalue weighted by Gasteiger charge is -2.07. The maximum Gasteiger partial charge on any atom is 0.266 e. The number of hydrogen-bond donors (Lipinski definition) is 1. The van der Waals surface area contributed by atoms with Crippen molar-refractivity contribution in [3.05, 3.63) is 90.0 Å². The molecule has 0 aliphatic heterocycles. The number of nitrogens with zero attached hydrogens (tertiary/aromatic N) is 1. The summed E-state index contributed by atoms with van der Waals surface area (Å²) >= 11 is 0. The Kier molecular flexibility index (Phi) is 6.06. The van der Waals surface area contributed by atoms with E-state index in [0.717, 1.165) is 0 Å². The molecule has 138 valence electrons. The SMILES string of the molecule is COc1cccc(NC(=O)C(C#N)=Cc2cccc(Oc3ccccc3)c2)c1. The van der Waals surface area contributed by atoms with Crippen LogP contribution in [0.25, 0.3) is 6.08 Å². The number of nitriles is 1. The Morgan fingerprint density at radius 2 is 1.64 bits per heavy atom. The Morgan fingerprint density at radius 1 is 0.929 bits per heavy atom. The molecule has 0 bridgehead atoms. The van der Waals surface area contributed by atoms with Crippen LogP contribution in [0.2, 0.25) is 0 Å². The molecule has 28 heavy (non-hydrogen) atoms. The Morgan fingerprint density at radius 3 is 2.39 bits per heavy atom. The van der Waals surface area contributed by atoms with Crippen molar-refractivity contribution in [3.8, 4) is 23.3 Å². The van der Waals surface area contributed by atoms with Crippen LogP contribution in [0, 0.1) is 11.3 Å². The van der Waals surface area contributed by atoms with Crippen molar-refractivity contribution in [3.63, 3.8) is 0 Å². The molecule has 0 aliphatic carbocycles. The largest absolute Gasteiger partial charge is 0.497 e. The van der Waals surface area contributed by atoms with Crippen LogP contribution in [-0.2, 0) is 4.79 Å². The number of amides is 1. The summed E-state index contributed by atoms with van der Waals surface area (Å²) < 4.78 is 10.9. The smallest absolute Gasteiger partial charge is 0.266 e. The monoisotopic (exact) mass is 370 g/mol. The van der Waals surface area contributed by atoms with Gasteiger partial charge >= 0.3 is 0 Å². The molecule has 0 fully saturated rings. The topological polar surface area (TPSA) is 71.3 Å². The number of methoxy groups -OCH3 is 1. The number of ether oxygens (including phenoxy) is 2. The van der Waals surface area contributed by atoms with Crippen molar-refractivity contribution in [1.29, 1.82) is 5.26 Å². The number of nitrogens with one attached hydrogen (secondary N) is 1. The molecule has 0 atom stereocenters. The maximum absolute atomic E-state index is 12.4. The number of hydrogen-bond acceptors (Lipinski definition) is 4. The third-order valence-electron chi connectivity index (χ3n) is 3.84. The average molecular weight is 370 g/mol. The van der Waals surface area contributed by atoms with E-state index >= 15 is 0 Å². The van der Waals surface area contributed by atoms with Gasteiger partial charge in [0.1, 0.15) is 28.9 Å². The van der Waals surface area contributed by atoms with Crippen LogP contribution < -0.4 is 14.8 Å². The second-order valence-electron chi connectivity index (χ2n) is 5.84. The van der Waals surface area contributed by atoms with Crippen molar-refractivity contribution >= 4 is 17.7 Å². The zero-order valence-electron chi connectivity index (χ0n) is 15.3. The first-order valence-electron chi connectivity index (χ1n) is 8.58. The molecule has 0 heterocycles. The molecule has 5 heteroatoms. The standard InChI is InChI=1S/C23H18N2O3/c1-27-21-11-6-8-19(15-21)25-23(26)18(16-24)13-17-7-5-12-22(14-17)28-20-9-3-2-4-10-20/h2-15H,1H3,(H,25,26). The highest BCUT2D eigenvalue weighted by Gasteiger charge is 2.10. The molecular weight excluding hydrogens is 352 g/mol. The fourth-order valence-electron chi connectivity index (χ4n) is 2.51. The summed E-state index contributed by atoms with van der Waals surface area (Å²) in [5.74, 6) is 1.45. The summed E-state index contributed by atoms with van der Waals surface area (Å²) in [5, 5.41) is 12.1. The summed E-state index contributed by atoms with van der Waals surface area (Å²) in [5.41, 5.74) is 1.22. The molecular formula is C23H18N2O3. The summed E-state index contributed by atoms with van der Waals surface area (Å²) in [6.45, 7) is 0. The van der Waals surface area contributed by atoms with Gasteiger partial charge in [-0.3, -0.25) is 4.79 Å². The molecule has 0 spiro atoms. The third kappa shape index (κ3) is 4.99. The van der Waals surface area contributed by atoms with Crippen LogP contribution in [0.1, 0.15) is 5.56 Å². The van der Waals surface area contributed by atoms with Gasteiger partial charge in [0, 0.05) is 11.8 Å². The molecule has 5 nitrogen and oxygen atoms in total.